The number of carbonyl (C=O) groups is 3. The number of hydrogen-bond donors (Lipinski definition) is 1. The Balaban J connectivity index is 1.44. The van der Waals surface area contributed by atoms with E-state index in [9.17, 15) is 9.59 Å². The fourth-order valence-corrected chi connectivity index (χ4v) is 12.5. The summed E-state index contributed by atoms with van der Waals surface area (Å²) in [5, 5.41) is 3.32. The van der Waals surface area contributed by atoms with Crippen molar-refractivity contribution in [3.8, 4) is 5.75 Å². The molecule has 0 bridgehead atoms. The third-order valence-corrected chi connectivity index (χ3v) is 16.2. The van der Waals surface area contributed by atoms with Gasteiger partial charge in [-0.25, -0.2) is 0 Å². The van der Waals surface area contributed by atoms with Gasteiger partial charge in [-0.05, 0) is 6.04 Å². The van der Waals surface area contributed by atoms with Gasteiger partial charge in [0.25, 0.3) is 0 Å². The topological polar surface area (TPSA) is 81.7 Å². The molecular weight excluding hydrogens is 730 g/mol. The minimum absolute atomic E-state index is 0.0426. The first-order valence-corrected chi connectivity index (χ1v) is 24.5. The number of ether oxygens (including phenoxy) is 2. The van der Waals surface area contributed by atoms with Crippen molar-refractivity contribution < 1.29 is 23.9 Å². The number of fused-ring (bicyclic) bond motifs is 1. The second-order valence-electron chi connectivity index (χ2n) is 17.2. The zero-order chi connectivity index (χ0) is 37.8. The molecule has 0 aromatic heterocycles. The van der Waals surface area contributed by atoms with E-state index in [0.29, 0.717) is 31.1 Å². The van der Waals surface area contributed by atoms with Gasteiger partial charge in [-0.15, -0.1) is 0 Å². The van der Waals surface area contributed by atoms with Crippen LogP contribution in [-0.2, 0) is 20.7 Å². The normalized spacial score (nSPS) is 29.5. The molecule has 2 fully saturated rings. The van der Waals surface area contributed by atoms with Crippen LogP contribution in [0.25, 0.3) is 0 Å². The number of benzene rings is 2. The van der Waals surface area contributed by atoms with Gasteiger partial charge in [-0.2, -0.15) is 0 Å². The fourth-order valence-electron chi connectivity index (χ4n) is 8.96. The predicted molar refractivity (Wildman–Crippen MR) is 215 cm³/mol. The first-order valence-electron chi connectivity index (χ1n) is 19.1. The number of hydrogen-bond acceptors (Lipinski definition) is 5. The van der Waals surface area contributed by atoms with Crippen LogP contribution >= 0.6 is 0 Å². The van der Waals surface area contributed by atoms with Crippen LogP contribution in [-0.4, -0.2) is 53.5 Å². The average Bonchev–Trinajstić information content (AvgIpc) is 3.38. The van der Waals surface area contributed by atoms with Crippen LogP contribution < -0.4 is 14.5 Å². The first-order chi connectivity index (χ1) is 24.5. The van der Waals surface area contributed by atoms with Gasteiger partial charge in [0.05, 0.1) is 0 Å². The Morgan fingerprint density at radius 2 is 1.71 bits per heavy atom. The van der Waals surface area contributed by atoms with E-state index in [-0.39, 0.29) is 40.9 Å². The van der Waals surface area contributed by atoms with Crippen LogP contribution in [0.3, 0.4) is 0 Å². The van der Waals surface area contributed by atoms with Crippen molar-refractivity contribution >= 4 is 45.3 Å². The third-order valence-electron chi connectivity index (χ3n) is 11.5. The Morgan fingerprint density at radius 3 is 2.37 bits per heavy atom. The molecule has 52 heavy (non-hydrogen) atoms. The number of Topliss-reactive ketones (excluding diaryl/α,β-unsaturated/α-hetero) is 1. The number of amides is 1. The molecule has 1 aliphatic heterocycles. The standard InChI is InChI=1S/C44H59NO5SeSi/c1-10-29(2)24-31(4)38-32(5)27-43(6)26-30(3)16-21-37(43)39(38)40(46)44(51-36-14-12-11-13-15-36)28-34(45-41(44)47)25-33-17-19-35(20-18-33)50-42(48)49-22-23-52(7,8)9/h10-15,17-20,24,27,30,34,37-39H,16,21-23,25-26,28H2,1-9H3,(H,45,47)/b29-10+,31-24+/t30-,34+,37+,38-,39+,43+,44?/m1/s1. The van der Waals surface area contributed by atoms with Crippen molar-refractivity contribution in [2.24, 2.45) is 29.1 Å². The average molecular weight is 789 g/mol. The fraction of sp³-hybridized carbons (Fsp3) is 0.523. The molecule has 3 aliphatic rings. The summed E-state index contributed by atoms with van der Waals surface area (Å²) < 4.78 is 10.7. The van der Waals surface area contributed by atoms with Crippen molar-refractivity contribution in [2.75, 3.05) is 6.61 Å². The zero-order valence-corrected chi connectivity index (χ0v) is 35.4. The molecule has 0 spiro atoms. The van der Waals surface area contributed by atoms with E-state index in [2.05, 4.69) is 96.9 Å². The summed E-state index contributed by atoms with van der Waals surface area (Å²) in [7, 11) is -1.32. The van der Waals surface area contributed by atoms with Crippen molar-refractivity contribution in [3.05, 3.63) is 95.1 Å². The Morgan fingerprint density at radius 1 is 1.02 bits per heavy atom. The Bertz CT molecular complexity index is 1710. The van der Waals surface area contributed by atoms with Gasteiger partial charge in [0.2, 0.25) is 0 Å². The number of carbonyl (C=O) groups excluding carboxylic acids is 3. The van der Waals surface area contributed by atoms with Crippen LogP contribution in [0.15, 0.2) is 89.5 Å². The number of ketones is 1. The molecule has 280 valence electrons. The summed E-state index contributed by atoms with van der Waals surface area (Å²) in [4.78, 5) is 42.6. The summed E-state index contributed by atoms with van der Waals surface area (Å²) >= 11 is -0.410. The van der Waals surface area contributed by atoms with Gasteiger partial charge in [-0.1, -0.05) is 19.6 Å². The van der Waals surface area contributed by atoms with Gasteiger partial charge >= 0.3 is 287 Å². The second-order valence-corrected chi connectivity index (χ2v) is 25.7. The Labute approximate surface area is 319 Å². The van der Waals surface area contributed by atoms with E-state index in [0.717, 1.165) is 35.3 Å². The Kier molecular flexibility index (Phi) is 12.7. The van der Waals surface area contributed by atoms with Crippen molar-refractivity contribution in [3.63, 3.8) is 0 Å². The Hall–Kier alpha value is -3.19. The molecule has 2 aliphatic carbocycles. The zero-order valence-electron chi connectivity index (χ0n) is 32.7. The van der Waals surface area contributed by atoms with E-state index >= 15 is 4.79 Å². The van der Waals surface area contributed by atoms with Gasteiger partial charge in [0.1, 0.15) is 0 Å². The molecule has 1 unspecified atom stereocenters. The number of rotatable bonds is 12. The molecule has 8 heteroatoms. The molecule has 1 amide bonds. The van der Waals surface area contributed by atoms with Gasteiger partial charge in [-0.3, -0.25) is 0 Å². The monoisotopic (exact) mass is 789 g/mol. The maximum absolute atomic E-state index is 15.7. The number of nitrogens with one attached hydrogen (secondary N) is 1. The van der Waals surface area contributed by atoms with Crippen LogP contribution in [0.4, 0.5) is 4.79 Å². The van der Waals surface area contributed by atoms with Crippen LogP contribution in [0.1, 0.15) is 72.8 Å². The third kappa shape index (κ3) is 9.29. The summed E-state index contributed by atoms with van der Waals surface area (Å²) in [5.41, 5.74) is 4.55. The van der Waals surface area contributed by atoms with E-state index in [1.807, 2.05) is 30.3 Å². The molecule has 6 nitrogen and oxygen atoms in total. The first kappa shape index (κ1) is 40.0. The molecule has 0 radical (unpaired) electrons. The molecule has 2 aromatic rings. The molecular formula is C44H59NO5SeSi. The molecule has 1 N–H and O–H groups in total. The van der Waals surface area contributed by atoms with Crippen LogP contribution in [0.5, 0.6) is 5.75 Å². The molecule has 1 saturated carbocycles. The van der Waals surface area contributed by atoms with Gasteiger partial charge in [0, 0.05) is 8.07 Å². The molecule has 5 rings (SSSR count). The number of allylic oxidation sites excluding steroid dienone is 6. The quantitative estimate of drug-likeness (QED) is 0.0580. The molecule has 7 atom stereocenters. The van der Waals surface area contributed by atoms with Crippen LogP contribution in [0, 0.1) is 29.1 Å². The summed E-state index contributed by atoms with van der Waals surface area (Å²) in [5.74, 6) is 0.863. The van der Waals surface area contributed by atoms with E-state index in [4.69, 9.17) is 9.47 Å². The van der Waals surface area contributed by atoms with Crippen molar-refractivity contribution in [1.82, 2.24) is 5.32 Å². The van der Waals surface area contributed by atoms with E-state index in [1.165, 1.54) is 16.7 Å². The summed E-state index contributed by atoms with van der Waals surface area (Å²) in [6.07, 6.45) is 10.3. The van der Waals surface area contributed by atoms with E-state index in [1.54, 1.807) is 12.1 Å². The summed E-state index contributed by atoms with van der Waals surface area (Å²) in [6, 6.07) is 18.2. The minimum atomic E-state index is -1.32. The van der Waals surface area contributed by atoms with Gasteiger partial charge < -0.3 is 0 Å². The maximum atomic E-state index is 15.7. The van der Waals surface area contributed by atoms with Crippen LogP contribution in [0.2, 0.25) is 30.0 Å². The molecule has 1 saturated heterocycles. The van der Waals surface area contributed by atoms with Crippen molar-refractivity contribution in [1.29, 1.82) is 0 Å². The van der Waals surface area contributed by atoms with E-state index < -0.39 is 33.5 Å². The predicted octanol–water partition coefficient (Wildman–Crippen LogP) is 9.28. The van der Waals surface area contributed by atoms with Gasteiger partial charge in [0.15, 0.2) is 0 Å². The summed E-state index contributed by atoms with van der Waals surface area (Å²) in [6.45, 7) is 20.3. The van der Waals surface area contributed by atoms with Crippen molar-refractivity contribution in [2.45, 2.75) is 110 Å². The molecule has 2 aromatic carbocycles. The second kappa shape index (κ2) is 16.4. The SMILES string of the molecule is C/C=C(C)/C=C(\C)[C@@H]1C(C)=C[C@]2(C)C[C@H](C)CC[C@H]2[C@@H]1C(=O)C1([Se]c2ccccc2)C[C@H](Cc2ccc(OC(=O)OCC[Si](C)(C)C)cc2)NC1=O. The molecule has 1 heterocycles.